The number of rotatable bonds is 6. The molecule has 1 aromatic carbocycles. The molecule has 114 valence electrons. The molecule has 0 saturated carbocycles. The van der Waals surface area contributed by atoms with E-state index in [-0.39, 0.29) is 6.54 Å². The van der Waals surface area contributed by atoms with Gasteiger partial charge >= 0.3 is 0 Å². The van der Waals surface area contributed by atoms with Crippen molar-refractivity contribution >= 4 is 21.4 Å². The fraction of sp³-hybridized carbons (Fsp3) is 0.125. The van der Waals surface area contributed by atoms with Gasteiger partial charge in [-0.05, 0) is 29.1 Å². The van der Waals surface area contributed by atoms with E-state index in [2.05, 4.69) is 0 Å². The third-order valence-electron chi connectivity index (χ3n) is 3.20. The van der Waals surface area contributed by atoms with Crippen molar-refractivity contribution in [3.63, 3.8) is 0 Å². The van der Waals surface area contributed by atoms with Crippen LogP contribution in [0, 0.1) is 0 Å². The highest BCUT2D eigenvalue weighted by Crippen LogP contribution is 2.24. The maximum atomic E-state index is 12.8. The highest BCUT2D eigenvalue weighted by molar-refractivity contribution is 7.91. The maximum Gasteiger partial charge on any atom is 0.253 e. The van der Waals surface area contributed by atoms with Crippen LogP contribution in [0.4, 0.5) is 0 Å². The van der Waals surface area contributed by atoms with Crippen molar-refractivity contribution in [3.05, 3.63) is 77.6 Å². The lowest BCUT2D eigenvalue weighted by Crippen LogP contribution is -2.29. The largest absolute Gasteiger partial charge is 0.468 e. The summed E-state index contributed by atoms with van der Waals surface area (Å²) in [4.78, 5) is 0. The summed E-state index contributed by atoms with van der Waals surface area (Å²) < 4.78 is 32.7. The first-order chi connectivity index (χ1) is 10.7. The van der Waals surface area contributed by atoms with Gasteiger partial charge in [-0.25, -0.2) is 8.42 Å². The molecule has 2 heterocycles. The Hall–Kier alpha value is -1.89. The molecule has 2 aromatic heterocycles. The van der Waals surface area contributed by atoms with E-state index < -0.39 is 10.0 Å². The number of furan rings is 1. The van der Waals surface area contributed by atoms with Gasteiger partial charge in [-0.3, -0.25) is 0 Å². The summed E-state index contributed by atoms with van der Waals surface area (Å²) in [6, 6.07) is 16.4. The molecular weight excluding hydrogens is 318 g/mol. The molecule has 4 nitrogen and oxygen atoms in total. The smallest absolute Gasteiger partial charge is 0.253 e. The second-order valence-electron chi connectivity index (χ2n) is 4.77. The van der Waals surface area contributed by atoms with Crippen LogP contribution < -0.4 is 0 Å². The third kappa shape index (κ3) is 3.30. The van der Waals surface area contributed by atoms with Crippen molar-refractivity contribution in [2.75, 3.05) is 0 Å². The first-order valence-corrected chi connectivity index (χ1v) is 9.08. The molecule has 0 amide bonds. The molecule has 6 heteroatoms. The highest BCUT2D eigenvalue weighted by Gasteiger charge is 2.26. The predicted molar refractivity (Wildman–Crippen MR) is 85.9 cm³/mol. The van der Waals surface area contributed by atoms with Crippen LogP contribution in [0.5, 0.6) is 0 Å². The monoisotopic (exact) mass is 333 g/mol. The van der Waals surface area contributed by atoms with Crippen LogP contribution in [-0.4, -0.2) is 12.7 Å². The van der Waals surface area contributed by atoms with Gasteiger partial charge in [-0.15, -0.1) is 11.3 Å². The Morgan fingerprint density at radius 2 is 1.77 bits per heavy atom. The molecule has 22 heavy (non-hydrogen) atoms. The Balaban J connectivity index is 1.92. The normalized spacial score (nSPS) is 11.9. The number of hydrogen-bond donors (Lipinski definition) is 0. The summed E-state index contributed by atoms with van der Waals surface area (Å²) in [5.41, 5.74) is 0.939. The summed E-state index contributed by atoms with van der Waals surface area (Å²) in [5, 5.41) is 1.76. The summed E-state index contributed by atoms with van der Waals surface area (Å²) in [5.74, 6) is 0.621. The van der Waals surface area contributed by atoms with Gasteiger partial charge in [0.25, 0.3) is 10.0 Å². The number of benzene rings is 1. The van der Waals surface area contributed by atoms with Gasteiger partial charge in [-0.1, -0.05) is 36.4 Å². The molecule has 0 unspecified atom stereocenters. The van der Waals surface area contributed by atoms with Gasteiger partial charge in [0.2, 0.25) is 0 Å². The van der Waals surface area contributed by atoms with Crippen molar-refractivity contribution in [3.8, 4) is 0 Å². The fourth-order valence-electron chi connectivity index (χ4n) is 2.13. The number of nitrogens with zero attached hydrogens (tertiary/aromatic N) is 1. The molecule has 3 rings (SSSR count). The van der Waals surface area contributed by atoms with Crippen LogP contribution >= 0.6 is 11.3 Å². The SMILES string of the molecule is O=S(=O)(c1cccs1)N(Cc1ccccc1)Cc1ccco1. The Bertz CT molecular complexity index is 794. The van der Waals surface area contributed by atoms with Crippen LogP contribution in [0.1, 0.15) is 11.3 Å². The van der Waals surface area contributed by atoms with E-state index in [0.29, 0.717) is 16.5 Å². The second kappa shape index (κ2) is 6.48. The molecule has 0 bridgehead atoms. The van der Waals surface area contributed by atoms with E-state index >= 15 is 0 Å². The summed E-state index contributed by atoms with van der Waals surface area (Å²) in [6.45, 7) is 0.518. The molecule has 0 fully saturated rings. The molecule has 3 aromatic rings. The Kier molecular flexibility index (Phi) is 4.42. The van der Waals surface area contributed by atoms with E-state index in [4.69, 9.17) is 4.42 Å². The van der Waals surface area contributed by atoms with Gasteiger partial charge < -0.3 is 4.42 Å². The molecule has 0 N–H and O–H groups in total. The van der Waals surface area contributed by atoms with Crippen LogP contribution in [-0.2, 0) is 23.1 Å². The van der Waals surface area contributed by atoms with Crippen molar-refractivity contribution in [2.45, 2.75) is 17.3 Å². The van der Waals surface area contributed by atoms with Gasteiger partial charge in [0, 0.05) is 6.54 Å². The minimum atomic E-state index is -3.54. The Morgan fingerprint density at radius 1 is 0.955 bits per heavy atom. The van der Waals surface area contributed by atoms with Gasteiger partial charge in [0.1, 0.15) is 9.97 Å². The van der Waals surface area contributed by atoms with Gasteiger partial charge in [0.05, 0.1) is 12.8 Å². The minimum Gasteiger partial charge on any atom is -0.468 e. The minimum absolute atomic E-state index is 0.210. The second-order valence-corrected chi connectivity index (χ2v) is 7.88. The van der Waals surface area contributed by atoms with Crippen LogP contribution in [0.2, 0.25) is 0 Å². The predicted octanol–water partition coefficient (Wildman–Crippen LogP) is 3.73. The van der Waals surface area contributed by atoms with Crippen LogP contribution in [0.25, 0.3) is 0 Å². The van der Waals surface area contributed by atoms with Crippen molar-refractivity contribution in [2.24, 2.45) is 0 Å². The highest BCUT2D eigenvalue weighted by atomic mass is 32.2. The van der Waals surface area contributed by atoms with Gasteiger partial charge in [-0.2, -0.15) is 4.31 Å². The van der Waals surface area contributed by atoms with Crippen LogP contribution in [0.15, 0.2) is 74.9 Å². The molecule has 0 aliphatic heterocycles. The van der Waals surface area contributed by atoms with Gasteiger partial charge in [0.15, 0.2) is 0 Å². The van der Waals surface area contributed by atoms with E-state index in [1.165, 1.54) is 15.6 Å². The number of hydrogen-bond acceptors (Lipinski definition) is 4. The molecule has 0 saturated heterocycles. The topological polar surface area (TPSA) is 50.5 Å². The molecule has 0 atom stereocenters. The quantitative estimate of drug-likeness (QED) is 0.690. The van der Waals surface area contributed by atoms with Crippen LogP contribution in [0.3, 0.4) is 0 Å². The summed E-state index contributed by atoms with van der Waals surface area (Å²) in [7, 11) is -3.54. The van der Waals surface area contributed by atoms with Crippen molar-refractivity contribution < 1.29 is 12.8 Å². The van der Waals surface area contributed by atoms with Crippen molar-refractivity contribution in [1.29, 1.82) is 0 Å². The van der Waals surface area contributed by atoms with E-state index in [1.54, 1.807) is 35.9 Å². The standard InChI is InChI=1S/C16H15NO3S2/c18-22(19,16-9-5-11-21-16)17(13-15-8-4-10-20-15)12-14-6-2-1-3-7-14/h1-11H,12-13H2. The summed E-state index contributed by atoms with van der Waals surface area (Å²) in [6.07, 6.45) is 1.55. The first-order valence-electron chi connectivity index (χ1n) is 6.76. The summed E-state index contributed by atoms with van der Waals surface area (Å²) >= 11 is 1.22. The Morgan fingerprint density at radius 3 is 2.41 bits per heavy atom. The average molecular weight is 333 g/mol. The van der Waals surface area contributed by atoms with E-state index in [9.17, 15) is 8.42 Å². The maximum absolute atomic E-state index is 12.8. The molecule has 0 aliphatic carbocycles. The fourth-order valence-corrected chi connectivity index (χ4v) is 4.67. The molecular formula is C16H15NO3S2. The van der Waals surface area contributed by atoms with E-state index in [1.807, 2.05) is 30.3 Å². The lowest BCUT2D eigenvalue weighted by molar-refractivity contribution is 0.359. The zero-order valence-electron chi connectivity index (χ0n) is 11.8. The average Bonchev–Trinajstić information content (AvgIpc) is 3.21. The lowest BCUT2D eigenvalue weighted by atomic mass is 10.2. The third-order valence-corrected chi connectivity index (χ3v) is 6.37. The molecule has 0 aliphatic rings. The van der Waals surface area contributed by atoms with E-state index in [0.717, 1.165) is 5.56 Å². The number of sulfonamides is 1. The molecule has 0 radical (unpaired) electrons. The molecule has 0 spiro atoms. The zero-order chi connectivity index (χ0) is 15.4. The Labute approximate surface area is 133 Å². The number of thiophene rings is 1. The zero-order valence-corrected chi connectivity index (χ0v) is 13.4. The lowest BCUT2D eigenvalue weighted by Gasteiger charge is -2.20. The first kappa shape index (κ1) is 15.0. The van der Waals surface area contributed by atoms with Crippen molar-refractivity contribution in [1.82, 2.24) is 4.31 Å².